The van der Waals surface area contributed by atoms with Gasteiger partial charge >= 0.3 is 0 Å². The second kappa shape index (κ2) is 10.5. The smallest absolute Gasteiger partial charge is 0.191 e. The maximum atomic E-state index is 11.3. The molecule has 142 valence electrons. The summed E-state index contributed by atoms with van der Waals surface area (Å²) in [4.78, 5) is 4.22. The summed E-state index contributed by atoms with van der Waals surface area (Å²) in [6.45, 7) is 3.39. The van der Waals surface area contributed by atoms with Crippen molar-refractivity contribution >= 4 is 39.8 Å². The summed E-state index contributed by atoms with van der Waals surface area (Å²) >= 11 is 0. The number of aliphatic imine (C=N–C) groups is 1. The lowest BCUT2D eigenvalue weighted by atomic mass is 10.1. The van der Waals surface area contributed by atoms with Crippen molar-refractivity contribution in [1.82, 2.24) is 10.6 Å². The van der Waals surface area contributed by atoms with Gasteiger partial charge in [0.2, 0.25) is 0 Å². The van der Waals surface area contributed by atoms with E-state index in [1.165, 1.54) is 17.4 Å². The van der Waals surface area contributed by atoms with Crippen LogP contribution in [0.5, 0.6) is 0 Å². The van der Waals surface area contributed by atoms with Crippen molar-refractivity contribution in [3.8, 4) is 0 Å². The molecule has 0 aromatic heterocycles. The molecule has 0 fully saturated rings. The Hall–Kier alpha value is -1.61. The summed E-state index contributed by atoms with van der Waals surface area (Å²) in [5, 5.41) is 6.54. The number of rotatable bonds is 6. The van der Waals surface area contributed by atoms with E-state index in [1.54, 1.807) is 7.05 Å². The van der Waals surface area contributed by atoms with Crippen molar-refractivity contribution in [3.05, 3.63) is 70.8 Å². The second-order valence-corrected chi connectivity index (χ2v) is 8.30. The molecule has 0 bridgehead atoms. The third kappa shape index (κ3) is 8.18. The Morgan fingerprint density at radius 1 is 0.962 bits per heavy atom. The van der Waals surface area contributed by atoms with Gasteiger partial charge in [0.25, 0.3) is 0 Å². The fourth-order valence-electron chi connectivity index (χ4n) is 2.47. The molecule has 0 radical (unpaired) electrons. The molecule has 5 nitrogen and oxygen atoms in total. The molecule has 0 aliphatic heterocycles. The van der Waals surface area contributed by atoms with E-state index in [0.717, 1.165) is 17.1 Å². The van der Waals surface area contributed by atoms with Gasteiger partial charge in [0.1, 0.15) is 0 Å². The highest BCUT2D eigenvalue weighted by atomic mass is 127. The Balaban J connectivity index is 0.00000338. The third-order valence-corrected chi connectivity index (χ3v) is 4.54. The van der Waals surface area contributed by atoms with Crippen molar-refractivity contribution < 1.29 is 8.42 Å². The predicted molar refractivity (Wildman–Crippen MR) is 119 cm³/mol. The molecule has 2 aromatic rings. The summed E-state index contributed by atoms with van der Waals surface area (Å²) in [6, 6.07) is 15.9. The van der Waals surface area contributed by atoms with Gasteiger partial charge in [-0.05, 0) is 23.6 Å². The maximum absolute atomic E-state index is 11.3. The van der Waals surface area contributed by atoms with E-state index in [-0.39, 0.29) is 29.7 Å². The average molecular weight is 487 g/mol. The van der Waals surface area contributed by atoms with Crippen LogP contribution in [0.4, 0.5) is 0 Å². The molecule has 0 spiro atoms. The lowest BCUT2D eigenvalue weighted by Gasteiger charge is -2.12. The average Bonchev–Trinajstić information content (AvgIpc) is 2.55. The van der Waals surface area contributed by atoms with E-state index in [0.29, 0.717) is 13.1 Å². The van der Waals surface area contributed by atoms with Gasteiger partial charge in [0.15, 0.2) is 15.8 Å². The highest BCUT2D eigenvalue weighted by Gasteiger charge is 2.04. The van der Waals surface area contributed by atoms with Crippen LogP contribution in [0.1, 0.15) is 22.3 Å². The van der Waals surface area contributed by atoms with Gasteiger partial charge in [-0.25, -0.2) is 8.42 Å². The number of benzene rings is 2. The molecule has 0 heterocycles. The van der Waals surface area contributed by atoms with E-state index in [1.807, 2.05) is 30.3 Å². The molecular formula is C19H26IN3O2S. The first kappa shape index (κ1) is 22.4. The highest BCUT2D eigenvalue weighted by molar-refractivity contribution is 14.0. The van der Waals surface area contributed by atoms with Crippen LogP contribution < -0.4 is 10.6 Å². The van der Waals surface area contributed by atoms with Gasteiger partial charge in [-0.15, -0.1) is 24.0 Å². The van der Waals surface area contributed by atoms with Crippen LogP contribution in [0.25, 0.3) is 0 Å². The van der Waals surface area contributed by atoms with E-state index in [4.69, 9.17) is 0 Å². The first-order valence-corrected chi connectivity index (χ1v) is 10.2. The summed E-state index contributed by atoms with van der Waals surface area (Å²) in [6.07, 6.45) is 1.24. The summed E-state index contributed by atoms with van der Waals surface area (Å²) in [7, 11) is -1.26. The summed E-state index contributed by atoms with van der Waals surface area (Å²) in [5.41, 5.74) is 4.30. The van der Waals surface area contributed by atoms with Gasteiger partial charge in [-0.1, -0.05) is 54.1 Å². The predicted octanol–water partition coefficient (Wildman–Crippen LogP) is 3.02. The minimum absolute atomic E-state index is 0. The van der Waals surface area contributed by atoms with Crippen LogP contribution in [0.15, 0.2) is 53.5 Å². The van der Waals surface area contributed by atoms with Crippen molar-refractivity contribution in [1.29, 1.82) is 0 Å². The lowest BCUT2D eigenvalue weighted by Crippen LogP contribution is -2.36. The van der Waals surface area contributed by atoms with Crippen LogP contribution in [0.2, 0.25) is 0 Å². The number of nitrogens with one attached hydrogen (secondary N) is 2. The van der Waals surface area contributed by atoms with Crippen LogP contribution in [0.3, 0.4) is 0 Å². The zero-order valence-electron chi connectivity index (χ0n) is 15.3. The Morgan fingerprint density at radius 3 is 2.08 bits per heavy atom. The van der Waals surface area contributed by atoms with Gasteiger partial charge in [-0.3, -0.25) is 4.99 Å². The molecule has 0 unspecified atom stereocenters. The fraction of sp³-hybridized carbons (Fsp3) is 0.316. The van der Waals surface area contributed by atoms with Gasteiger partial charge < -0.3 is 10.6 Å². The summed E-state index contributed by atoms with van der Waals surface area (Å²) < 4.78 is 22.6. The number of guanidine groups is 1. The van der Waals surface area contributed by atoms with Gasteiger partial charge in [0, 0.05) is 26.4 Å². The van der Waals surface area contributed by atoms with Crippen LogP contribution >= 0.6 is 24.0 Å². The Labute approximate surface area is 173 Å². The minimum Gasteiger partial charge on any atom is -0.352 e. The van der Waals surface area contributed by atoms with Crippen molar-refractivity contribution in [2.24, 2.45) is 4.99 Å². The molecule has 0 amide bonds. The molecule has 0 atom stereocenters. The Morgan fingerprint density at radius 2 is 1.54 bits per heavy atom. The number of sulfone groups is 1. The fourth-order valence-corrected chi connectivity index (χ4v) is 3.27. The minimum atomic E-state index is -3.00. The normalized spacial score (nSPS) is 11.6. The molecule has 2 N–H and O–H groups in total. The number of aryl methyl sites for hydroxylation is 1. The molecule has 7 heteroatoms. The molecule has 0 saturated heterocycles. The van der Waals surface area contributed by atoms with E-state index in [2.05, 4.69) is 40.7 Å². The number of hydrogen-bond acceptors (Lipinski definition) is 3. The first-order chi connectivity index (χ1) is 11.9. The van der Waals surface area contributed by atoms with Crippen LogP contribution in [-0.2, 0) is 28.7 Å². The SMILES string of the molecule is CN=C(NCc1ccc(CS(C)(=O)=O)cc1)NCc1cccc(C)c1.I. The molecular weight excluding hydrogens is 461 g/mol. The molecule has 2 rings (SSSR count). The second-order valence-electron chi connectivity index (χ2n) is 6.15. The van der Waals surface area contributed by atoms with Crippen LogP contribution in [-0.4, -0.2) is 27.7 Å². The monoisotopic (exact) mass is 487 g/mol. The molecule has 26 heavy (non-hydrogen) atoms. The van der Waals surface area contributed by atoms with E-state index in [9.17, 15) is 8.42 Å². The zero-order valence-corrected chi connectivity index (χ0v) is 18.5. The van der Waals surface area contributed by atoms with Crippen molar-refractivity contribution in [2.75, 3.05) is 13.3 Å². The van der Waals surface area contributed by atoms with Gasteiger partial charge in [0.05, 0.1) is 5.75 Å². The van der Waals surface area contributed by atoms with Gasteiger partial charge in [-0.2, -0.15) is 0 Å². The molecule has 2 aromatic carbocycles. The van der Waals surface area contributed by atoms with Crippen molar-refractivity contribution in [2.45, 2.75) is 25.8 Å². The standard InChI is InChI=1S/C19H25N3O2S.HI/c1-15-5-4-6-18(11-15)13-22-19(20-2)21-12-16-7-9-17(10-8-16)14-25(3,23)24;/h4-11H,12-14H2,1-3H3,(H2,20,21,22);1H. The Bertz CT molecular complexity index is 834. The van der Waals surface area contributed by atoms with E-state index < -0.39 is 9.84 Å². The molecule has 0 aliphatic carbocycles. The molecule has 0 saturated carbocycles. The number of hydrogen-bond donors (Lipinski definition) is 2. The van der Waals surface area contributed by atoms with Crippen LogP contribution in [0, 0.1) is 6.92 Å². The summed E-state index contributed by atoms with van der Waals surface area (Å²) in [5.74, 6) is 0.794. The maximum Gasteiger partial charge on any atom is 0.191 e. The number of nitrogens with zero attached hydrogens (tertiary/aromatic N) is 1. The Kier molecular flexibility index (Phi) is 9.07. The van der Waals surface area contributed by atoms with E-state index >= 15 is 0 Å². The lowest BCUT2D eigenvalue weighted by molar-refractivity contribution is 0.601. The van der Waals surface area contributed by atoms with Crippen molar-refractivity contribution in [3.63, 3.8) is 0 Å². The molecule has 0 aliphatic rings. The largest absolute Gasteiger partial charge is 0.352 e. The third-order valence-electron chi connectivity index (χ3n) is 3.68. The highest BCUT2D eigenvalue weighted by Crippen LogP contribution is 2.08. The first-order valence-electron chi connectivity index (χ1n) is 8.11. The zero-order chi connectivity index (χ0) is 18.3. The topological polar surface area (TPSA) is 70.6 Å². The number of halogens is 1. The quantitative estimate of drug-likeness (QED) is 0.374.